The van der Waals surface area contributed by atoms with Gasteiger partial charge in [0.05, 0.1) is 0 Å². The van der Waals surface area contributed by atoms with Gasteiger partial charge in [-0.25, -0.2) is 0 Å². The monoisotopic (exact) mass is 391 g/mol. The number of carbonyl (C=O) groups excluding carboxylic acids is 1. The van der Waals surface area contributed by atoms with Crippen LogP contribution in [0, 0.1) is 0 Å². The van der Waals surface area contributed by atoms with Gasteiger partial charge in [0.15, 0.2) is 0 Å². The van der Waals surface area contributed by atoms with Crippen LogP contribution in [0.5, 0.6) is 0 Å². The minimum absolute atomic E-state index is 0.0812. The van der Waals surface area contributed by atoms with E-state index in [1.165, 1.54) is 12.8 Å². The molecule has 0 saturated heterocycles. The predicted molar refractivity (Wildman–Crippen MR) is 109 cm³/mol. The van der Waals surface area contributed by atoms with Gasteiger partial charge in [-0.1, -0.05) is 78.6 Å². The number of hydrogen-bond acceptors (Lipinski definition) is 2. The van der Waals surface area contributed by atoms with Crippen LogP contribution in [0.4, 0.5) is 0 Å². The maximum atomic E-state index is 13.0. The molecule has 0 aromatic heterocycles. The minimum atomic E-state index is -4.43. The molecule has 2 atom stereocenters. The summed E-state index contributed by atoms with van der Waals surface area (Å²) >= 11 is 0. The van der Waals surface area contributed by atoms with Crippen LogP contribution < -0.4 is 0 Å². The van der Waals surface area contributed by atoms with Crippen molar-refractivity contribution in [1.29, 1.82) is 0 Å². The lowest BCUT2D eigenvalue weighted by atomic mass is 10.0. The molecule has 0 aliphatic heterocycles. The van der Waals surface area contributed by atoms with Crippen LogP contribution in [0.2, 0.25) is 0 Å². The van der Waals surface area contributed by atoms with Gasteiger partial charge in [-0.3, -0.25) is 9.36 Å². The van der Waals surface area contributed by atoms with Gasteiger partial charge in [-0.2, -0.15) is 0 Å². The number of carbonyl (C=O) groups is 1. The first-order valence-corrected chi connectivity index (χ1v) is 12.4. The normalized spacial score (nSPS) is 14.2. The molecule has 0 bridgehead atoms. The first-order valence-electron chi connectivity index (χ1n) is 10.7. The molecule has 2 N–H and O–H groups in total. The van der Waals surface area contributed by atoms with Crippen LogP contribution in [-0.4, -0.2) is 38.8 Å². The summed E-state index contributed by atoms with van der Waals surface area (Å²) in [7, 11) is -4.43. The van der Waals surface area contributed by atoms with E-state index >= 15 is 0 Å². The summed E-state index contributed by atoms with van der Waals surface area (Å²) in [5, 5.41) is 0. The Kier molecular flexibility index (Phi) is 14.4. The van der Waals surface area contributed by atoms with Gasteiger partial charge in [0.25, 0.3) is 0 Å². The number of rotatable bonds is 16. The molecule has 1 amide bonds. The van der Waals surface area contributed by atoms with Gasteiger partial charge < -0.3 is 14.7 Å². The fourth-order valence-corrected chi connectivity index (χ4v) is 4.50. The predicted octanol–water partition coefficient (Wildman–Crippen LogP) is 5.49. The van der Waals surface area contributed by atoms with E-state index in [1.807, 2.05) is 13.8 Å². The average molecular weight is 392 g/mol. The Labute approximate surface area is 161 Å². The van der Waals surface area contributed by atoms with Crippen LogP contribution in [-0.2, 0) is 9.36 Å². The summed E-state index contributed by atoms with van der Waals surface area (Å²) in [5.41, 5.74) is -1.17. The number of nitrogens with zero attached hydrogens (tertiary/aromatic N) is 1. The topological polar surface area (TPSA) is 77.8 Å². The van der Waals surface area contributed by atoms with Crippen molar-refractivity contribution in [2.75, 3.05) is 6.54 Å². The Morgan fingerprint density at radius 3 is 1.85 bits per heavy atom. The summed E-state index contributed by atoms with van der Waals surface area (Å²) in [4.78, 5) is 34.2. The van der Waals surface area contributed by atoms with E-state index in [0.717, 1.165) is 51.4 Å². The van der Waals surface area contributed by atoms with E-state index in [0.29, 0.717) is 13.0 Å². The fraction of sp³-hybridized carbons (Fsp3) is 0.950. The van der Waals surface area contributed by atoms with E-state index in [-0.39, 0.29) is 18.4 Å². The highest BCUT2D eigenvalue weighted by molar-refractivity contribution is 7.53. The lowest BCUT2D eigenvalue weighted by Crippen LogP contribution is -2.45. The van der Waals surface area contributed by atoms with E-state index < -0.39 is 13.3 Å². The molecule has 0 spiro atoms. The second kappa shape index (κ2) is 14.6. The zero-order valence-electron chi connectivity index (χ0n) is 17.5. The average Bonchev–Trinajstić information content (AvgIpc) is 2.59. The zero-order chi connectivity index (χ0) is 20.0. The van der Waals surface area contributed by atoms with Crippen LogP contribution in [0.3, 0.4) is 0 Å². The second-order valence-electron chi connectivity index (χ2n) is 7.34. The first-order chi connectivity index (χ1) is 12.3. The van der Waals surface area contributed by atoms with Gasteiger partial charge in [-0.05, 0) is 26.2 Å². The van der Waals surface area contributed by atoms with Crippen molar-refractivity contribution in [3.63, 3.8) is 0 Å². The summed E-state index contributed by atoms with van der Waals surface area (Å²) in [6, 6.07) is 0.0812. The van der Waals surface area contributed by atoms with Crippen molar-refractivity contribution in [1.82, 2.24) is 4.90 Å². The van der Waals surface area contributed by atoms with E-state index in [1.54, 1.807) is 4.90 Å². The third-order valence-electron chi connectivity index (χ3n) is 5.20. The maximum Gasteiger partial charge on any atom is 0.337 e. The van der Waals surface area contributed by atoms with Crippen molar-refractivity contribution in [2.24, 2.45) is 0 Å². The quantitative estimate of drug-likeness (QED) is 0.269. The van der Waals surface area contributed by atoms with Crippen molar-refractivity contribution in [3.8, 4) is 0 Å². The molecular weight excluding hydrogens is 349 g/mol. The highest BCUT2D eigenvalue weighted by Crippen LogP contribution is 2.45. The summed E-state index contributed by atoms with van der Waals surface area (Å²) in [6.07, 6.45) is 11.6. The second-order valence-corrected chi connectivity index (χ2v) is 9.14. The van der Waals surface area contributed by atoms with E-state index in [4.69, 9.17) is 0 Å². The highest BCUT2D eigenvalue weighted by atomic mass is 31.2. The first kappa shape index (κ1) is 25.6. The molecule has 0 aromatic rings. The van der Waals surface area contributed by atoms with Crippen molar-refractivity contribution in [3.05, 3.63) is 0 Å². The molecule has 0 aromatic carbocycles. The largest absolute Gasteiger partial charge is 0.339 e. The Bertz CT molecular complexity index is 411. The van der Waals surface area contributed by atoms with Crippen molar-refractivity contribution >= 4 is 13.5 Å². The number of hydrogen-bond donors (Lipinski definition) is 2. The van der Waals surface area contributed by atoms with E-state index in [9.17, 15) is 19.1 Å². The van der Waals surface area contributed by atoms with Crippen molar-refractivity contribution < 1.29 is 19.1 Å². The Morgan fingerprint density at radius 1 is 0.846 bits per heavy atom. The smallest absolute Gasteiger partial charge is 0.337 e. The zero-order valence-corrected chi connectivity index (χ0v) is 18.3. The number of unbranched alkanes of at least 4 members (excludes halogenated alkanes) is 7. The molecule has 2 unspecified atom stereocenters. The van der Waals surface area contributed by atoms with Gasteiger partial charge in [-0.15, -0.1) is 0 Å². The Hall–Kier alpha value is -0.380. The third kappa shape index (κ3) is 10.1. The highest BCUT2D eigenvalue weighted by Gasteiger charge is 2.38. The van der Waals surface area contributed by atoms with Crippen LogP contribution in [0.1, 0.15) is 105 Å². The van der Waals surface area contributed by atoms with Gasteiger partial charge in [0.2, 0.25) is 5.91 Å². The van der Waals surface area contributed by atoms with Crippen molar-refractivity contribution in [2.45, 2.75) is 116 Å². The fourth-order valence-electron chi connectivity index (χ4n) is 3.55. The van der Waals surface area contributed by atoms with Crippen LogP contribution in [0.15, 0.2) is 0 Å². The molecule has 26 heavy (non-hydrogen) atoms. The molecule has 5 nitrogen and oxygen atoms in total. The van der Waals surface area contributed by atoms with Crippen LogP contribution >= 0.6 is 7.60 Å². The molecule has 0 radical (unpaired) electrons. The molecule has 0 saturated carbocycles. The third-order valence-corrected chi connectivity index (χ3v) is 6.49. The van der Waals surface area contributed by atoms with Gasteiger partial charge in [0.1, 0.15) is 5.66 Å². The van der Waals surface area contributed by atoms with Gasteiger partial charge >= 0.3 is 7.60 Å². The van der Waals surface area contributed by atoms with Crippen LogP contribution in [0.25, 0.3) is 0 Å². The maximum absolute atomic E-state index is 13.0. The van der Waals surface area contributed by atoms with E-state index in [2.05, 4.69) is 13.8 Å². The van der Waals surface area contributed by atoms with Gasteiger partial charge in [0, 0.05) is 12.6 Å². The molecule has 6 heteroatoms. The molecule has 0 rings (SSSR count). The lowest BCUT2D eigenvalue weighted by molar-refractivity contribution is -0.133. The summed E-state index contributed by atoms with van der Waals surface area (Å²) < 4.78 is 12.0. The number of amides is 1. The summed E-state index contributed by atoms with van der Waals surface area (Å²) in [5.74, 6) is -0.349. The Morgan fingerprint density at radius 2 is 1.35 bits per heavy atom. The lowest BCUT2D eigenvalue weighted by Gasteiger charge is -2.33. The molecule has 156 valence electrons. The minimum Gasteiger partial charge on any atom is -0.339 e. The SMILES string of the molecule is CCCCCCCCC(C(=O)N(CC)C(CC)CCCCC)P(=O)(O)O. The summed E-state index contributed by atoms with van der Waals surface area (Å²) in [6.45, 7) is 8.77. The molecule has 0 aliphatic rings. The standard InChI is InChI=1S/C20H42NO4P/c1-5-9-11-12-13-15-17-19(26(23,24)25)20(22)21(8-4)18(7-3)16-14-10-6-2/h18-19H,5-17H2,1-4H3,(H2,23,24,25). The molecule has 0 heterocycles. The molecule has 0 fully saturated rings. The Balaban J connectivity index is 4.86. The molecular formula is C20H42NO4P. The molecule has 0 aliphatic carbocycles.